The molecule has 10 nitrogen and oxygen atoms in total. The van der Waals surface area contributed by atoms with Crippen LogP contribution in [0.1, 0.15) is 36.8 Å². The monoisotopic (exact) mass is 597 g/mol. The Bertz CT molecular complexity index is 1600. The first-order chi connectivity index (χ1) is 21.3. The molecule has 4 aliphatic rings. The summed E-state index contributed by atoms with van der Waals surface area (Å²) >= 11 is 0. The van der Waals surface area contributed by atoms with E-state index in [1.807, 2.05) is 4.90 Å². The van der Waals surface area contributed by atoms with Gasteiger partial charge >= 0.3 is 13.1 Å². The van der Waals surface area contributed by atoms with Crippen LogP contribution in [0.5, 0.6) is 0 Å². The Morgan fingerprint density at radius 2 is 1.57 bits per heavy atom. The first-order valence-corrected chi connectivity index (χ1v) is 14.8. The summed E-state index contributed by atoms with van der Waals surface area (Å²) < 4.78 is 15.2. The van der Waals surface area contributed by atoms with Crippen molar-refractivity contribution < 1.29 is 28.8 Å². The van der Waals surface area contributed by atoms with Crippen molar-refractivity contribution in [3.8, 4) is 0 Å². The molecule has 0 radical (unpaired) electrons. The number of amides is 4. The second-order valence-corrected chi connectivity index (χ2v) is 11.6. The fraction of sp³-hybridized carbons (Fsp3) is 0.312. The molecule has 3 aromatic rings. The molecule has 226 valence electrons. The largest absolute Gasteiger partial charge is 0.488 e. The van der Waals surface area contributed by atoms with E-state index in [4.69, 9.17) is 0 Å². The summed E-state index contributed by atoms with van der Waals surface area (Å²) in [5, 5.41) is 24.1. The van der Waals surface area contributed by atoms with E-state index in [2.05, 4.69) is 15.6 Å². The Morgan fingerprint density at radius 1 is 0.909 bits per heavy atom. The quantitative estimate of drug-likeness (QED) is 0.324. The second kappa shape index (κ2) is 12.6. The lowest BCUT2D eigenvalue weighted by Gasteiger charge is -2.29. The van der Waals surface area contributed by atoms with Crippen molar-refractivity contribution in [2.45, 2.75) is 31.8 Å². The molecule has 12 heteroatoms. The molecular formula is C32H33BFN5O5. The van der Waals surface area contributed by atoms with Gasteiger partial charge in [0.25, 0.3) is 5.91 Å². The Labute approximate surface area is 254 Å². The zero-order chi connectivity index (χ0) is 30.8. The van der Waals surface area contributed by atoms with Gasteiger partial charge < -0.3 is 25.6 Å². The number of anilines is 2. The molecule has 44 heavy (non-hydrogen) atoms. The van der Waals surface area contributed by atoms with Gasteiger partial charge in [0.15, 0.2) is 0 Å². The summed E-state index contributed by atoms with van der Waals surface area (Å²) in [6, 6.07) is 18.1. The number of carbonyl (C=O) groups is 3. The molecular weight excluding hydrogens is 564 g/mol. The SMILES string of the molecule is O=C(Nc1cccc(B(O)O)c1)NC1N=C(c2ccccc2F)c2ccccc2N(CC(=O)N2CC3CCC(CC3)C2)C1=O. The number of urea groups is 1. The van der Waals surface area contributed by atoms with Gasteiger partial charge in [-0.25, -0.2) is 14.2 Å². The van der Waals surface area contributed by atoms with Crippen molar-refractivity contribution >= 4 is 47.5 Å². The molecule has 3 aliphatic heterocycles. The van der Waals surface area contributed by atoms with E-state index in [0.29, 0.717) is 36.2 Å². The Morgan fingerprint density at radius 3 is 2.25 bits per heavy atom. The van der Waals surface area contributed by atoms with Crippen LogP contribution in [-0.4, -0.2) is 71.4 Å². The fourth-order valence-corrected chi connectivity index (χ4v) is 6.36. The highest BCUT2D eigenvalue weighted by molar-refractivity contribution is 6.58. The molecule has 3 aromatic carbocycles. The second-order valence-electron chi connectivity index (χ2n) is 11.6. The van der Waals surface area contributed by atoms with Crippen LogP contribution in [0.2, 0.25) is 0 Å². The van der Waals surface area contributed by atoms with Gasteiger partial charge in [0.2, 0.25) is 12.1 Å². The molecule has 2 saturated heterocycles. The minimum Gasteiger partial charge on any atom is -0.423 e. The third-order valence-corrected chi connectivity index (χ3v) is 8.62. The number of hydrogen-bond donors (Lipinski definition) is 4. The van der Waals surface area contributed by atoms with Gasteiger partial charge in [0, 0.05) is 29.9 Å². The minimum absolute atomic E-state index is 0.141. The first-order valence-electron chi connectivity index (χ1n) is 14.8. The average Bonchev–Trinajstić information content (AvgIpc) is 3.40. The first kappa shape index (κ1) is 29.5. The maximum atomic E-state index is 15.2. The summed E-state index contributed by atoms with van der Waals surface area (Å²) in [6.45, 7) is 1.05. The van der Waals surface area contributed by atoms with Crippen molar-refractivity contribution in [2.24, 2.45) is 16.8 Å². The maximum absolute atomic E-state index is 15.2. The maximum Gasteiger partial charge on any atom is 0.488 e. The molecule has 1 unspecified atom stereocenters. The fourth-order valence-electron chi connectivity index (χ4n) is 6.36. The number of aliphatic imine (C=N–C) groups is 1. The normalized spacial score (nSPS) is 21.1. The predicted octanol–water partition coefficient (Wildman–Crippen LogP) is 2.49. The third-order valence-electron chi connectivity index (χ3n) is 8.62. The van der Waals surface area contributed by atoms with E-state index in [9.17, 15) is 24.4 Å². The topological polar surface area (TPSA) is 135 Å². The van der Waals surface area contributed by atoms with Gasteiger partial charge in [-0.2, -0.15) is 0 Å². The van der Waals surface area contributed by atoms with E-state index in [1.54, 1.807) is 48.5 Å². The zero-order valence-electron chi connectivity index (χ0n) is 24.0. The summed E-state index contributed by atoms with van der Waals surface area (Å²) in [6.07, 6.45) is 2.89. The molecule has 4 N–H and O–H groups in total. The highest BCUT2D eigenvalue weighted by atomic mass is 19.1. The van der Waals surface area contributed by atoms with E-state index in [0.717, 1.165) is 25.7 Å². The van der Waals surface area contributed by atoms with Crippen molar-refractivity contribution in [3.05, 3.63) is 89.7 Å². The predicted molar refractivity (Wildman–Crippen MR) is 165 cm³/mol. The summed E-state index contributed by atoms with van der Waals surface area (Å²) in [5.41, 5.74) is 1.55. The molecule has 1 atom stereocenters. The molecule has 4 amide bonds. The molecule has 1 saturated carbocycles. The lowest BCUT2D eigenvalue weighted by atomic mass is 9.80. The van der Waals surface area contributed by atoms with Crippen molar-refractivity contribution in [2.75, 3.05) is 29.9 Å². The number of rotatable bonds is 6. The van der Waals surface area contributed by atoms with Gasteiger partial charge in [0.05, 0.1) is 11.4 Å². The van der Waals surface area contributed by atoms with Crippen LogP contribution in [0, 0.1) is 17.7 Å². The van der Waals surface area contributed by atoms with Crippen LogP contribution >= 0.6 is 0 Å². The number of nitrogens with one attached hydrogen (secondary N) is 2. The zero-order valence-corrected chi connectivity index (χ0v) is 24.0. The Kier molecular flexibility index (Phi) is 8.45. The average molecular weight is 597 g/mol. The van der Waals surface area contributed by atoms with Crippen LogP contribution < -0.4 is 21.0 Å². The van der Waals surface area contributed by atoms with Crippen LogP contribution in [0.15, 0.2) is 77.8 Å². The number of para-hydroxylation sites is 1. The number of fused-ring (bicyclic) bond motifs is 5. The standard InChI is InChI=1S/C32H33BFN5O5/c34-26-10-3-1-8-24(26)29-25-9-2-4-11-27(25)39(19-28(40)38-17-20-12-13-21(18-38)15-14-20)31(41)30(36-29)37-32(42)35-23-7-5-6-22(16-23)33(43)44/h1-11,16,20-21,30,43-44H,12-15,17-19H2,(H2,35,37,42). The molecule has 0 aromatic heterocycles. The van der Waals surface area contributed by atoms with E-state index in [1.165, 1.54) is 29.2 Å². The number of carbonyl (C=O) groups excluding carboxylic acids is 3. The van der Waals surface area contributed by atoms with E-state index in [-0.39, 0.29) is 34.9 Å². The van der Waals surface area contributed by atoms with Crippen molar-refractivity contribution in [1.29, 1.82) is 0 Å². The molecule has 7 rings (SSSR count). The van der Waals surface area contributed by atoms with Crippen LogP contribution in [0.4, 0.5) is 20.6 Å². The number of benzene rings is 3. The molecule has 3 heterocycles. The summed E-state index contributed by atoms with van der Waals surface area (Å²) in [4.78, 5) is 48.9. The smallest absolute Gasteiger partial charge is 0.423 e. The number of benzodiazepines with no additional fused rings is 1. The molecule has 0 spiro atoms. The van der Waals surface area contributed by atoms with Gasteiger partial charge in [-0.1, -0.05) is 42.5 Å². The van der Waals surface area contributed by atoms with E-state index >= 15 is 4.39 Å². The van der Waals surface area contributed by atoms with E-state index < -0.39 is 31.0 Å². The number of nitrogens with zero attached hydrogens (tertiary/aromatic N) is 3. The third kappa shape index (κ3) is 6.22. The Balaban J connectivity index is 1.34. The van der Waals surface area contributed by atoms with Gasteiger partial charge in [0.1, 0.15) is 12.4 Å². The highest BCUT2D eigenvalue weighted by Gasteiger charge is 2.37. The molecule has 2 bridgehead atoms. The van der Waals surface area contributed by atoms with Crippen LogP contribution in [0.3, 0.4) is 0 Å². The van der Waals surface area contributed by atoms with Crippen molar-refractivity contribution in [3.63, 3.8) is 0 Å². The van der Waals surface area contributed by atoms with Gasteiger partial charge in [-0.15, -0.1) is 0 Å². The van der Waals surface area contributed by atoms with Gasteiger partial charge in [-0.3, -0.25) is 14.5 Å². The van der Waals surface area contributed by atoms with Crippen LogP contribution in [0.25, 0.3) is 0 Å². The number of halogens is 1. The van der Waals surface area contributed by atoms with Crippen molar-refractivity contribution in [1.82, 2.24) is 10.2 Å². The Hall–Kier alpha value is -4.55. The number of hydrogen-bond acceptors (Lipinski definition) is 6. The molecule has 3 fully saturated rings. The minimum atomic E-state index is -1.74. The highest BCUT2D eigenvalue weighted by Crippen LogP contribution is 2.34. The van der Waals surface area contributed by atoms with Gasteiger partial charge in [-0.05, 0) is 73.3 Å². The lowest BCUT2D eigenvalue weighted by Crippen LogP contribution is -2.52. The summed E-state index contributed by atoms with van der Waals surface area (Å²) in [7, 11) is -1.74. The molecule has 1 aliphatic carbocycles. The van der Waals surface area contributed by atoms with Crippen LogP contribution in [-0.2, 0) is 9.59 Å². The summed E-state index contributed by atoms with van der Waals surface area (Å²) in [5.74, 6) is -0.497. The lowest BCUT2D eigenvalue weighted by molar-refractivity contribution is -0.132.